The average Bonchev–Trinajstić information content (AvgIpc) is 2.23. The van der Waals surface area contributed by atoms with Crippen LogP contribution in [-0.4, -0.2) is 22.1 Å². The first kappa shape index (κ1) is 13.0. The van der Waals surface area contributed by atoms with Crippen molar-refractivity contribution in [1.29, 1.82) is 0 Å². The Hall–Kier alpha value is -0.0900. The summed E-state index contributed by atoms with van der Waals surface area (Å²) in [5, 5.41) is 0.459. The zero-order valence-corrected chi connectivity index (χ0v) is 10.7. The van der Waals surface area contributed by atoms with E-state index < -0.39 is 0 Å². The summed E-state index contributed by atoms with van der Waals surface area (Å²) in [5.74, 6) is 0. The zero-order chi connectivity index (χ0) is 11.3. The van der Waals surface area contributed by atoms with E-state index in [9.17, 15) is 4.79 Å². The summed E-state index contributed by atoms with van der Waals surface area (Å²) in [7, 11) is 0. The van der Waals surface area contributed by atoms with Gasteiger partial charge in [0.1, 0.15) is 0 Å². The van der Waals surface area contributed by atoms with Crippen molar-refractivity contribution in [3.05, 3.63) is 29.3 Å². The van der Waals surface area contributed by atoms with Gasteiger partial charge in [0.25, 0.3) is 5.24 Å². The second-order valence-corrected chi connectivity index (χ2v) is 4.54. The van der Waals surface area contributed by atoms with Crippen molar-refractivity contribution >= 4 is 51.8 Å². The maximum atomic E-state index is 11.5. The van der Waals surface area contributed by atoms with Crippen LogP contribution in [0, 0.1) is 0 Å². The normalized spacial score (nSPS) is 10.1. The molecular weight excluding hydrogens is 277 g/mol. The Balaban J connectivity index is 2.61. The second-order valence-electron chi connectivity index (χ2n) is 2.60. The van der Waals surface area contributed by atoms with Gasteiger partial charge in [-0.2, -0.15) is 0 Å². The summed E-state index contributed by atoms with van der Waals surface area (Å²) in [5.41, 5.74) is 0. The van der Waals surface area contributed by atoms with Crippen molar-refractivity contribution < 1.29 is 4.79 Å². The van der Waals surface area contributed by atoms with Crippen molar-refractivity contribution in [2.24, 2.45) is 0 Å². The fourth-order valence-electron chi connectivity index (χ4n) is 0.798. The highest BCUT2D eigenvalue weighted by Gasteiger charge is 2.12. The van der Waals surface area contributed by atoms with Crippen LogP contribution in [0.5, 0.6) is 0 Å². The smallest absolute Gasteiger partial charge is 0.288 e. The third-order valence-corrected chi connectivity index (χ3v) is 3.34. The quantitative estimate of drug-likeness (QED) is 0.470. The molecular formula is C9H8Cl3NOS. The molecule has 0 bridgehead atoms. The molecule has 2 nitrogen and oxygen atoms in total. The van der Waals surface area contributed by atoms with Crippen LogP contribution in [0.1, 0.15) is 0 Å². The standard InChI is InChI=1S/C9H8Cl3NOS/c10-5-13(6-11)9(14)15-8-3-1-7(12)2-4-8/h1-4H,5-6H2. The molecule has 1 rings (SSSR count). The number of hydrogen-bond donors (Lipinski definition) is 0. The molecule has 0 aromatic heterocycles. The summed E-state index contributed by atoms with van der Waals surface area (Å²) in [6, 6.07) is 7.16. The lowest BCUT2D eigenvalue weighted by molar-refractivity contribution is 0.237. The number of amides is 1. The molecule has 15 heavy (non-hydrogen) atoms. The highest BCUT2D eigenvalue weighted by atomic mass is 35.5. The molecule has 6 heteroatoms. The van der Waals surface area contributed by atoms with Crippen LogP contribution in [0.4, 0.5) is 4.79 Å². The lowest BCUT2D eigenvalue weighted by Crippen LogP contribution is -2.24. The Morgan fingerprint density at radius 1 is 1.20 bits per heavy atom. The average molecular weight is 285 g/mol. The van der Waals surface area contributed by atoms with Gasteiger partial charge in [0.05, 0.1) is 12.0 Å². The molecule has 0 aliphatic heterocycles. The molecule has 0 aliphatic carbocycles. The Labute approximate surface area is 107 Å². The largest absolute Gasteiger partial charge is 0.306 e. The van der Waals surface area contributed by atoms with Crippen LogP contribution in [0.25, 0.3) is 0 Å². The minimum atomic E-state index is -0.178. The highest BCUT2D eigenvalue weighted by Crippen LogP contribution is 2.23. The van der Waals surface area contributed by atoms with Crippen LogP contribution in [0.15, 0.2) is 29.2 Å². The molecule has 82 valence electrons. The van der Waals surface area contributed by atoms with Crippen LogP contribution in [0.2, 0.25) is 5.02 Å². The van der Waals surface area contributed by atoms with Gasteiger partial charge in [-0.15, -0.1) is 23.2 Å². The fraction of sp³-hybridized carbons (Fsp3) is 0.222. The predicted octanol–water partition coefficient (Wildman–Crippen LogP) is 4.25. The number of halogens is 3. The predicted molar refractivity (Wildman–Crippen MR) is 66.0 cm³/mol. The monoisotopic (exact) mass is 283 g/mol. The second kappa shape index (κ2) is 6.48. The van der Waals surface area contributed by atoms with Crippen molar-refractivity contribution in [3.63, 3.8) is 0 Å². The first-order valence-corrected chi connectivity index (χ1v) is 6.28. The molecule has 0 atom stereocenters. The molecule has 0 aliphatic rings. The van der Waals surface area contributed by atoms with Gasteiger partial charge in [-0.1, -0.05) is 11.6 Å². The Kier molecular flexibility index (Phi) is 5.61. The van der Waals surface area contributed by atoms with Crippen molar-refractivity contribution in [2.75, 3.05) is 12.0 Å². The third kappa shape index (κ3) is 4.11. The van der Waals surface area contributed by atoms with E-state index in [-0.39, 0.29) is 17.2 Å². The summed E-state index contributed by atoms with van der Waals surface area (Å²) in [6.07, 6.45) is 0. The van der Waals surface area contributed by atoms with Crippen LogP contribution in [0.3, 0.4) is 0 Å². The van der Waals surface area contributed by atoms with Crippen LogP contribution < -0.4 is 0 Å². The number of alkyl halides is 2. The van der Waals surface area contributed by atoms with Gasteiger partial charge in [-0.25, -0.2) is 0 Å². The van der Waals surface area contributed by atoms with E-state index in [1.807, 2.05) is 0 Å². The van der Waals surface area contributed by atoms with Gasteiger partial charge in [-0.3, -0.25) is 4.79 Å². The highest BCUT2D eigenvalue weighted by molar-refractivity contribution is 8.13. The number of thioether (sulfide) groups is 1. The summed E-state index contributed by atoms with van der Waals surface area (Å²) in [6.45, 7) is 0. The van der Waals surface area contributed by atoms with E-state index in [2.05, 4.69) is 0 Å². The van der Waals surface area contributed by atoms with E-state index in [0.717, 1.165) is 16.7 Å². The Morgan fingerprint density at radius 3 is 2.20 bits per heavy atom. The molecule has 0 heterocycles. The van der Waals surface area contributed by atoms with Gasteiger partial charge in [-0.05, 0) is 36.0 Å². The molecule has 1 aromatic carbocycles. The number of nitrogens with zero attached hydrogens (tertiary/aromatic N) is 1. The van der Waals surface area contributed by atoms with Gasteiger partial charge in [0.15, 0.2) is 0 Å². The molecule has 0 unspecified atom stereocenters. The number of carbonyl (C=O) groups is 1. The Morgan fingerprint density at radius 2 is 1.73 bits per heavy atom. The maximum Gasteiger partial charge on any atom is 0.288 e. The number of hydrogen-bond acceptors (Lipinski definition) is 2. The number of carbonyl (C=O) groups excluding carboxylic acids is 1. The lowest BCUT2D eigenvalue weighted by Gasteiger charge is -2.14. The lowest BCUT2D eigenvalue weighted by atomic mass is 10.4. The zero-order valence-electron chi connectivity index (χ0n) is 7.62. The van der Waals surface area contributed by atoms with E-state index in [1.54, 1.807) is 24.3 Å². The topological polar surface area (TPSA) is 20.3 Å². The van der Waals surface area contributed by atoms with Crippen LogP contribution >= 0.6 is 46.6 Å². The van der Waals surface area contributed by atoms with Crippen LogP contribution in [-0.2, 0) is 0 Å². The van der Waals surface area contributed by atoms with Gasteiger partial charge in [0, 0.05) is 9.92 Å². The minimum absolute atomic E-state index is 0.0862. The minimum Gasteiger partial charge on any atom is -0.306 e. The fourth-order valence-corrected chi connectivity index (χ4v) is 2.27. The molecule has 0 fully saturated rings. The summed E-state index contributed by atoms with van der Waals surface area (Å²) < 4.78 is 0. The summed E-state index contributed by atoms with van der Waals surface area (Å²) >= 11 is 17.9. The Bertz CT molecular complexity index is 327. The number of rotatable bonds is 3. The van der Waals surface area contributed by atoms with Gasteiger partial charge in [0.2, 0.25) is 0 Å². The van der Waals surface area contributed by atoms with Crippen molar-refractivity contribution in [2.45, 2.75) is 4.90 Å². The molecule has 0 spiro atoms. The van der Waals surface area contributed by atoms with Gasteiger partial charge < -0.3 is 4.90 Å². The number of benzene rings is 1. The molecule has 0 saturated carbocycles. The maximum absolute atomic E-state index is 11.5. The van der Waals surface area contributed by atoms with E-state index in [4.69, 9.17) is 34.8 Å². The van der Waals surface area contributed by atoms with E-state index in [0.29, 0.717) is 5.02 Å². The first-order chi connectivity index (χ1) is 7.17. The van der Waals surface area contributed by atoms with E-state index in [1.165, 1.54) is 4.90 Å². The molecule has 0 radical (unpaired) electrons. The third-order valence-electron chi connectivity index (χ3n) is 1.57. The summed E-state index contributed by atoms with van der Waals surface area (Å²) in [4.78, 5) is 13.7. The molecule has 1 amide bonds. The van der Waals surface area contributed by atoms with Gasteiger partial charge >= 0.3 is 0 Å². The van der Waals surface area contributed by atoms with E-state index >= 15 is 0 Å². The first-order valence-electron chi connectivity index (χ1n) is 4.01. The molecule has 0 saturated heterocycles. The van der Waals surface area contributed by atoms with Crippen molar-refractivity contribution in [1.82, 2.24) is 4.90 Å². The molecule has 1 aromatic rings. The SMILES string of the molecule is O=C(Sc1ccc(Cl)cc1)N(CCl)CCl. The van der Waals surface area contributed by atoms with Crippen molar-refractivity contribution in [3.8, 4) is 0 Å². The molecule has 0 N–H and O–H groups in total.